The molecule has 7 heteroatoms. The van der Waals surface area contributed by atoms with E-state index in [0.717, 1.165) is 33.6 Å². The Balaban J connectivity index is 1.83. The van der Waals surface area contributed by atoms with Gasteiger partial charge in [0.2, 0.25) is 0 Å². The van der Waals surface area contributed by atoms with Crippen molar-refractivity contribution in [1.82, 2.24) is 24.8 Å². The van der Waals surface area contributed by atoms with Crippen molar-refractivity contribution in [1.29, 1.82) is 0 Å². The minimum absolute atomic E-state index is 0.0199. The number of aryl methyl sites for hydroxylation is 2. The predicted octanol–water partition coefficient (Wildman–Crippen LogP) is 3.81. The van der Waals surface area contributed by atoms with Crippen molar-refractivity contribution in [3.8, 4) is 5.82 Å². The highest BCUT2D eigenvalue weighted by atomic mass is 32.1. The van der Waals surface area contributed by atoms with Crippen molar-refractivity contribution in [3.63, 3.8) is 0 Å². The molecule has 156 valence electrons. The molecular weight excluding hydrogens is 394 g/mol. The van der Waals surface area contributed by atoms with E-state index in [1.54, 1.807) is 7.11 Å². The lowest BCUT2D eigenvalue weighted by atomic mass is 9.97. The number of hydrogen-bond acceptors (Lipinski definition) is 4. The van der Waals surface area contributed by atoms with Crippen LogP contribution in [0.3, 0.4) is 0 Å². The molecule has 30 heavy (non-hydrogen) atoms. The highest BCUT2D eigenvalue weighted by Crippen LogP contribution is 2.41. The summed E-state index contributed by atoms with van der Waals surface area (Å²) in [4.78, 5) is 11.5. The second-order valence-electron chi connectivity index (χ2n) is 7.62. The van der Waals surface area contributed by atoms with Gasteiger partial charge in [0.1, 0.15) is 5.82 Å². The van der Waals surface area contributed by atoms with Gasteiger partial charge in [0.15, 0.2) is 5.11 Å². The first-order valence-corrected chi connectivity index (χ1v) is 10.5. The average Bonchev–Trinajstić information content (AvgIpc) is 3.23. The Bertz CT molecular complexity index is 1050. The Morgan fingerprint density at radius 1 is 1.10 bits per heavy atom. The molecule has 6 nitrogen and oxygen atoms in total. The number of rotatable bonds is 6. The van der Waals surface area contributed by atoms with Crippen molar-refractivity contribution in [2.24, 2.45) is 0 Å². The molecule has 1 N–H and O–H groups in total. The number of nitrogens with one attached hydrogen (secondary N) is 1. The maximum Gasteiger partial charge on any atom is 0.170 e. The Morgan fingerprint density at radius 3 is 2.60 bits per heavy atom. The molecule has 0 spiro atoms. The first-order valence-electron chi connectivity index (χ1n) is 10.1. The molecule has 0 unspecified atom stereocenters. The zero-order valence-electron chi connectivity index (χ0n) is 17.8. The normalized spacial score (nSPS) is 18.7. The maximum atomic E-state index is 5.72. The van der Waals surface area contributed by atoms with E-state index >= 15 is 0 Å². The highest BCUT2D eigenvalue weighted by Gasteiger charge is 2.41. The van der Waals surface area contributed by atoms with E-state index in [4.69, 9.17) is 17.0 Å². The standard InChI is InChI=1S/C23H27N5OS/c1-15-8-7-11-25-22(15)28-16(2)14-18(17(28)3)21-20(19-9-5-6-10-24-19)26-23(30)27(21)12-13-29-4/h5-11,14,20-21H,12-13H2,1-4H3,(H,26,30)/t20-,21-/m1/s1. The van der Waals surface area contributed by atoms with Crippen LogP contribution in [-0.4, -0.2) is 44.8 Å². The van der Waals surface area contributed by atoms with E-state index < -0.39 is 0 Å². The van der Waals surface area contributed by atoms with Gasteiger partial charge in [-0.2, -0.15) is 0 Å². The van der Waals surface area contributed by atoms with Gasteiger partial charge in [-0.1, -0.05) is 12.1 Å². The van der Waals surface area contributed by atoms with E-state index in [9.17, 15) is 0 Å². The van der Waals surface area contributed by atoms with Crippen LogP contribution in [0, 0.1) is 20.8 Å². The smallest absolute Gasteiger partial charge is 0.170 e. The lowest BCUT2D eigenvalue weighted by molar-refractivity contribution is 0.164. The summed E-state index contributed by atoms with van der Waals surface area (Å²) < 4.78 is 7.59. The van der Waals surface area contributed by atoms with Gasteiger partial charge in [-0.3, -0.25) is 4.98 Å². The van der Waals surface area contributed by atoms with Crippen molar-refractivity contribution >= 4 is 17.3 Å². The molecule has 1 aliphatic rings. The SMILES string of the molecule is COCCN1C(=S)N[C@H](c2ccccn2)[C@H]1c1cc(C)n(-c2ncccc2C)c1C. The van der Waals surface area contributed by atoms with Gasteiger partial charge in [0.25, 0.3) is 0 Å². The molecule has 1 saturated heterocycles. The highest BCUT2D eigenvalue weighted by molar-refractivity contribution is 7.80. The van der Waals surface area contributed by atoms with E-state index in [2.05, 4.69) is 63.7 Å². The number of methoxy groups -OCH3 is 1. The second kappa shape index (κ2) is 8.53. The van der Waals surface area contributed by atoms with Gasteiger partial charge in [-0.15, -0.1) is 0 Å². The summed E-state index contributed by atoms with van der Waals surface area (Å²) in [6.07, 6.45) is 3.67. The van der Waals surface area contributed by atoms with Gasteiger partial charge < -0.3 is 19.5 Å². The summed E-state index contributed by atoms with van der Waals surface area (Å²) in [7, 11) is 1.72. The minimum atomic E-state index is -0.0330. The first kappa shape index (κ1) is 20.5. The van der Waals surface area contributed by atoms with Crippen LogP contribution in [-0.2, 0) is 4.74 Å². The van der Waals surface area contributed by atoms with Crippen molar-refractivity contribution < 1.29 is 4.74 Å². The third-order valence-electron chi connectivity index (χ3n) is 5.72. The third kappa shape index (κ3) is 3.59. The molecule has 0 saturated carbocycles. The Kier molecular flexibility index (Phi) is 5.83. The van der Waals surface area contributed by atoms with E-state index in [-0.39, 0.29) is 12.1 Å². The van der Waals surface area contributed by atoms with E-state index in [0.29, 0.717) is 13.2 Å². The molecule has 0 aromatic carbocycles. The van der Waals surface area contributed by atoms with Gasteiger partial charge in [0.05, 0.1) is 24.4 Å². The molecule has 0 amide bonds. The van der Waals surface area contributed by atoms with Crippen LogP contribution in [0.1, 0.15) is 40.3 Å². The van der Waals surface area contributed by atoms with Gasteiger partial charge in [-0.25, -0.2) is 4.98 Å². The predicted molar refractivity (Wildman–Crippen MR) is 122 cm³/mol. The summed E-state index contributed by atoms with van der Waals surface area (Å²) in [6, 6.07) is 12.3. The summed E-state index contributed by atoms with van der Waals surface area (Å²) in [5.41, 5.74) is 5.64. The lowest BCUT2D eigenvalue weighted by Crippen LogP contribution is -2.32. The fraction of sp³-hybridized carbons (Fsp3) is 0.348. The van der Waals surface area contributed by atoms with Gasteiger partial charge in [0, 0.05) is 37.4 Å². The average molecular weight is 422 g/mol. The van der Waals surface area contributed by atoms with Gasteiger partial charge in [-0.05, 0) is 68.4 Å². The quantitative estimate of drug-likeness (QED) is 0.611. The Hall–Kier alpha value is -2.77. The van der Waals surface area contributed by atoms with Crippen LogP contribution in [0.5, 0.6) is 0 Å². The molecular formula is C23H27N5OS. The molecule has 0 radical (unpaired) electrons. The lowest BCUT2D eigenvalue weighted by Gasteiger charge is -2.28. The summed E-state index contributed by atoms with van der Waals surface area (Å²) in [5, 5.41) is 4.23. The molecule has 1 fully saturated rings. The summed E-state index contributed by atoms with van der Waals surface area (Å²) >= 11 is 5.72. The number of pyridine rings is 2. The number of ether oxygens (including phenoxy) is 1. The number of aromatic nitrogens is 3. The van der Waals surface area contributed by atoms with Crippen LogP contribution in [0.25, 0.3) is 5.82 Å². The van der Waals surface area contributed by atoms with Crippen LogP contribution in [0.2, 0.25) is 0 Å². The van der Waals surface area contributed by atoms with Crippen molar-refractivity contribution in [3.05, 3.63) is 77.0 Å². The fourth-order valence-corrected chi connectivity index (χ4v) is 4.63. The molecule has 0 aliphatic carbocycles. The van der Waals surface area contributed by atoms with E-state index in [1.165, 1.54) is 5.56 Å². The Morgan fingerprint density at radius 2 is 1.90 bits per heavy atom. The monoisotopic (exact) mass is 421 g/mol. The Labute approximate surface area is 182 Å². The number of nitrogens with zero attached hydrogens (tertiary/aromatic N) is 4. The van der Waals surface area contributed by atoms with E-state index in [1.807, 2.05) is 30.6 Å². The topological polar surface area (TPSA) is 55.2 Å². The molecule has 2 atom stereocenters. The second-order valence-corrected chi connectivity index (χ2v) is 8.01. The van der Waals surface area contributed by atoms with Crippen molar-refractivity contribution in [2.45, 2.75) is 32.9 Å². The number of thiocarbonyl (C=S) groups is 1. The fourth-order valence-electron chi connectivity index (χ4n) is 4.30. The van der Waals surface area contributed by atoms with Crippen LogP contribution in [0.15, 0.2) is 48.8 Å². The maximum absolute atomic E-state index is 5.72. The number of hydrogen-bond donors (Lipinski definition) is 1. The molecule has 3 aromatic rings. The van der Waals surface area contributed by atoms with Crippen molar-refractivity contribution in [2.75, 3.05) is 20.3 Å². The third-order valence-corrected chi connectivity index (χ3v) is 6.07. The summed E-state index contributed by atoms with van der Waals surface area (Å²) in [6.45, 7) is 7.69. The zero-order valence-corrected chi connectivity index (χ0v) is 18.6. The molecule has 1 aliphatic heterocycles. The van der Waals surface area contributed by atoms with Crippen LogP contribution < -0.4 is 5.32 Å². The molecule has 4 rings (SSSR count). The molecule has 4 heterocycles. The van der Waals surface area contributed by atoms with Crippen LogP contribution in [0.4, 0.5) is 0 Å². The van der Waals surface area contributed by atoms with Gasteiger partial charge >= 0.3 is 0 Å². The zero-order chi connectivity index (χ0) is 21.3. The minimum Gasteiger partial charge on any atom is -0.383 e. The molecule has 0 bridgehead atoms. The first-order chi connectivity index (χ1) is 14.5. The molecule has 3 aromatic heterocycles. The van der Waals surface area contributed by atoms with Crippen LogP contribution >= 0.6 is 12.2 Å². The largest absolute Gasteiger partial charge is 0.383 e. The summed E-state index contributed by atoms with van der Waals surface area (Å²) in [5.74, 6) is 0.963.